The van der Waals surface area contributed by atoms with Crippen molar-refractivity contribution in [1.29, 1.82) is 0 Å². The molecule has 0 unspecified atom stereocenters. The van der Waals surface area contributed by atoms with Gasteiger partial charge in [-0.05, 0) is 37.1 Å². The highest BCUT2D eigenvalue weighted by Crippen LogP contribution is 2.23. The number of pyridine rings is 1. The van der Waals surface area contributed by atoms with Gasteiger partial charge in [-0.25, -0.2) is 4.98 Å². The Labute approximate surface area is 155 Å². The van der Waals surface area contributed by atoms with Crippen molar-refractivity contribution >= 4 is 17.4 Å². The third-order valence-electron chi connectivity index (χ3n) is 3.96. The third kappa shape index (κ3) is 5.12. The fourth-order valence-electron chi connectivity index (χ4n) is 2.68. The van der Waals surface area contributed by atoms with Crippen molar-refractivity contribution in [1.82, 2.24) is 4.98 Å². The van der Waals surface area contributed by atoms with Crippen LogP contribution >= 0.6 is 0 Å². The lowest BCUT2D eigenvalue weighted by atomic mass is 10.2. The minimum absolute atomic E-state index is 0.263. The third-order valence-corrected chi connectivity index (χ3v) is 3.96. The first-order valence-electron chi connectivity index (χ1n) is 8.86. The van der Waals surface area contributed by atoms with Crippen LogP contribution in [-0.2, 0) is 0 Å². The molecule has 1 N–H and O–H groups in total. The molecular weight excluding hydrogens is 330 g/mol. The molecule has 2 rings (SSSR count). The van der Waals surface area contributed by atoms with Gasteiger partial charge in [0.2, 0.25) is 0 Å². The Hall–Kier alpha value is -2.76. The summed E-state index contributed by atoms with van der Waals surface area (Å²) in [7, 11) is 3.10. The number of rotatable bonds is 9. The quantitative estimate of drug-likeness (QED) is 0.735. The summed E-state index contributed by atoms with van der Waals surface area (Å²) < 4.78 is 10.4. The van der Waals surface area contributed by atoms with Gasteiger partial charge in [-0.1, -0.05) is 13.8 Å². The molecule has 1 heterocycles. The Morgan fingerprint density at radius 3 is 2.12 bits per heavy atom. The molecule has 0 radical (unpaired) electrons. The summed E-state index contributed by atoms with van der Waals surface area (Å²) in [5.41, 5.74) is 1.51. The summed E-state index contributed by atoms with van der Waals surface area (Å²) in [4.78, 5) is 19.2. The van der Waals surface area contributed by atoms with Crippen LogP contribution < -0.4 is 19.7 Å². The first kappa shape index (κ1) is 19.6. The molecule has 1 amide bonds. The van der Waals surface area contributed by atoms with Crippen LogP contribution in [0.3, 0.4) is 0 Å². The molecule has 0 spiro atoms. The molecule has 0 saturated heterocycles. The van der Waals surface area contributed by atoms with Gasteiger partial charge in [0.05, 0.1) is 26.1 Å². The minimum atomic E-state index is -0.263. The van der Waals surface area contributed by atoms with E-state index in [4.69, 9.17) is 9.47 Å². The van der Waals surface area contributed by atoms with Gasteiger partial charge in [0.1, 0.15) is 17.3 Å². The van der Waals surface area contributed by atoms with Gasteiger partial charge < -0.3 is 19.7 Å². The van der Waals surface area contributed by atoms with Crippen LogP contribution in [0.2, 0.25) is 0 Å². The van der Waals surface area contributed by atoms with Crippen LogP contribution in [-0.4, -0.2) is 38.2 Å². The Kier molecular flexibility index (Phi) is 7.26. The molecule has 0 fully saturated rings. The van der Waals surface area contributed by atoms with Crippen molar-refractivity contribution in [3.8, 4) is 11.5 Å². The second-order valence-corrected chi connectivity index (χ2v) is 5.94. The minimum Gasteiger partial charge on any atom is -0.497 e. The van der Waals surface area contributed by atoms with E-state index < -0.39 is 0 Å². The van der Waals surface area contributed by atoms with Crippen LogP contribution in [0.25, 0.3) is 0 Å². The number of anilines is 2. The summed E-state index contributed by atoms with van der Waals surface area (Å²) in [5.74, 6) is 1.37. The van der Waals surface area contributed by atoms with Crippen LogP contribution in [0.4, 0.5) is 11.5 Å². The van der Waals surface area contributed by atoms with E-state index in [1.165, 1.54) is 0 Å². The van der Waals surface area contributed by atoms with Crippen LogP contribution in [0.1, 0.15) is 37.0 Å². The lowest BCUT2D eigenvalue weighted by molar-refractivity contribution is 0.102. The maximum atomic E-state index is 12.5. The number of carbonyl (C=O) groups is 1. The smallest absolute Gasteiger partial charge is 0.257 e. The number of amides is 1. The predicted octanol–water partition coefficient (Wildman–Crippen LogP) is 3.98. The Morgan fingerprint density at radius 1 is 1.04 bits per heavy atom. The highest BCUT2D eigenvalue weighted by atomic mass is 16.5. The molecule has 0 aliphatic rings. The number of methoxy groups -OCH3 is 2. The predicted molar refractivity (Wildman–Crippen MR) is 105 cm³/mol. The zero-order valence-electron chi connectivity index (χ0n) is 15.9. The summed E-state index contributed by atoms with van der Waals surface area (Å²) in [6.45, 7) is 6.30. The molecule has 0 saturated carbocycles. The van der Waals surface area contributed by atoms with Crippen molar-refractivity contribution in [3.63, 3.8) is 0 Å². The summed E-state index contributed by atoms with van der Waals surface area (Å²) in [6.07, 6.45) is 3.96. The fraction of sp³-hybridized carbons (Fsp3) is 0.400. The number of ether oxygens (including phenoxy) is 2. The van der Waals surface area contributed by atoms with Gasteiger partial charge in [0.15, 0.2) is 0 Å². The van der Waals surface area contributed by atoms with E-state index in [2.05, 4.69) is 29.0 Å². The van der Waals surface area contributed by atoms with Crippen molar-refractivity contribution < 1.29 is 14.3 Å². The van der Waals surface area contributed by atoms with Crippen LogP contribution in [0.5, 0.6) is 11.5 Å². The van der Waals surface area contributed by atoms with Crippen LogP contribution in [0.15, 0.2) is 36.5 Å². The van der Waals surface area contributed by atoms with E-state index in [1.54, 1.807) is 38.6 Å². The molecule has 1 aromatic heterocycles. The molecule has 6 nitrogen and oxygen atoms in total. The van der Waals surface area contributed by atoms with Gasteiger partial charge in [-0.3, -0.25) is 4.79 Å². The number of hydrogen-bond acceptors (Lipinski definition) is 5. The molecule has 1 aromatic carbocycles. The van der Waals surface area contributed by atoms with E-state index in [1.807, 2.05) is 12.1 Å². The molecule has 140 valence electrons. The lowest BCUT2D eigenvalue weighted by Gasteiger charge is -2.23. The molecule has 6 heteroatoms. The Balaban J connectivity index is 2.12. The van der Waals surface area contributed by atoms with Crippen molar-refractivity contribution in [3.05, 3.63) is 42.1 Å². The van der Waals surface area contributed by atoms with E-state index in [0.717, 1.165) is 31.6 Å². The van der Waals surface area contributed by atoms with E-state index in [0.29, 0.717) is 22.9 Å². The number of hydrogen-bond donors (Lipinski definition) is 1. The number of aromatic nitrogens is 1. The molecule has 0 aliphatic carbocycles. The maximum absolute atomic E-state index is 12.5. The molecule has 0 aliphatic heterocycles. The van der Waals surface area contributed by atoms with Gasteiger partial charge >= 0.3 is 0 Å². The molecule has 0 bridgehead atoms. The number of benzene rings is 1. The number of nitrogens with zero attached hydrogens (tertiary/aromatic N) is 2. The Morgan fingerprint density at radius 2 is 1.65 bits per heavy atom. The van der Waals surface area contributed by atoms with Crippen molar-refractivity contribution in [2.75, 3.05) is 37.5 Å². The molecule has 0 atom stereocenters. The van der Waals surface area contributed by atoms with Crippen molar-refractivity contribution in [2.24, 2.45) is 0 Å². The van der Waals surface area contributed by atoms with Gasteiger partial charge in [0, 0.05) is 24.7 Å². The first-order chi connectivity index (χ1) is 12.6. The molecule has 2 aromatic rings. The Bertz CT molecular complexity index is 688. The zero-order chi connectivity index (χ0) is 18.9. The molecule has 26 heavy (non-hydrogen) atoms. The molecular formula is C20H27N3O3. The highest BCUT2D eigenvalue weighted by molar-refractivity contribution is 6.04. The summed E-state index contributed by atoms with van der Waals surface area (Å²) in [6, 6.07) is 8.86. The highest BCUT2D eigenvalue weighted by Gasteiger charge is 2.11. The lowest BCUT2D eigenvalue weighted by Crippen LogP contribution is -2.25. The fourth-order valence-corrected chi connectivity index (χ4v) is 2.68. The number of carbonyl (C=O) groups excluding carboxylic acids is 1. The summed E-state index contributed by atoms with van der Waals surface area (Å²) >= 11 is 0. The second kappa shape index (κ2) is 9.65. The number of nitrogens with one attached hydrogen (secondary N) is 1. The average Bonchev–Trinajstić information content (AvgIpc) is 2.68. The SMILES string of the molecule is CCCN(CCC)c1ccc(NC(=O)c2cc(OC)cc(OC)c2)nc1. The average molecular weight is 357 g/mol. The standard InChI is InChI=1S/C20H27N3O3/c1-5-9-23(10-6-2)16-7-8-19(21-14-16)22-20(24)15-11-17(25-3)13-18(12-15)26-4/h7-8,11-14H,5-6,9-10H2,1-4H3,(H,21,22,24). The summed E-state index contributed by atoms with van der Waals surface area (Å²) in [5, 5.41) is 2.81. The normalized spacial score (nSPS) is 10.3. The van der Waals surface area contributed by atoms with Crippen LogP contribution in [0, 0.1) is 0 Å². The monoisotopic (exact) mass is 357 g/mol. The van der Waals surface area contributed by atoms with Crippen molar-refractivity contribution in [2.45, 2.75) is 26.7 Å². The first-order valence-corrected chi connectivity index (χ1v) is 8.86. The van der Waals surface area contributed by atoms with Gasteiger partial charge in [0.25, 0.3) is 5.91 Å². The van der Waals surface area contributed by atoms with E-state index in [-0.39, 0.29) is 5.91 Å². The van der Waals surface area contributed by atoms with E-state index >= 15 is 0 Å². The van der Waals surface area contributed by atoms with Gasteiger partial charge in [-0.2, -0.15) is 0 Å². The maximum Gasteiger partial charge on any atom is 0.257 e. The van der Waals surface area contributed by atoms with Gasteiger partial charge in [-0.15, -0.1) is 0 Å². The largest absolute Gasteiger partial charge is 0.497 e. The second-order valence-electron chi connectivity index (χ2n) is 5.94. The zero-order valence-corrected chi connectivity index (χ0v) is 15.9. The van der Waals surface area contributed by atoms with E-state index in [9.17, 15) is 4.79 Å². The topological polar surface area (TPSA) is 63.7 Å².